The molecule has 3 rings (SSSR count). The van der Waals surface area contributed by atoms with Gasteiger partial charge in [-0.15, -0.1) is 0 Å². The van der Waals surface area contributed by atoms with E-state index in [9.17, 15) is 14.7 Å². The van der Waals surface area contributed by atoms with E-state index in [2.05, 4.69) is 0 Å². The van der Waals surface area contributed by atoms with Gasteiger partial charge in [0, 0.05) is 25.8 Å². The maximum Gasteiger partial charge on any atom is 0.295 e. The fourth-order valence-electron chi connectivity index (χ4n) is 3.95. The number of Topliss-reactive ketones (excluding diaryl/α,β-unsaturated/α-hetero) is 1. The predicted octanol–water partition coefficient (Wildman–Crippen LogP) is 4.25. The van der Waals surface area contributed by atoms with E-state index in [0.717, 1.165) is 17.7 Å². The van der Waals surface area contributed by atoms with Gasteiger partial charge in [-0.25, -0.2) is 0 Å². The summed E-state index contributed by atoms with van der Waals surface area (Å²) in [6.07, 6.45) is 1.45. The lowest BCUT2D eigenvalue weighted by atomic mass is 9.94. The van der Waals surface area contributed by atoms with E-state index >= 15 is 0 Å². The summed E-state index contributed by atoms with van der Waals surface area (Å²) in [5.41, 5.74) is 2.09. The van der Waals surface area contributed by atoms with Gasteiger partial charge < -0.3 is 24.2 Å². The Hall–Kier alpha value is -3.32. The Morgan fingerprint density at radius 3 is 2.39 bits per heavy atom. The van der Waals surface area contributed by atoms with E-state index in [1.54, 1.807) is 56.7 Å². The Balaban J connectivity index is 2.07. The zero-order chi connectivity index (χ0) is 24.0. The number of ketones is 1. The highest BCUT2D eigenvalue weighted by molar-refractivity contribution is 6.46. The Bertz CT molecular complexity index is 1030. The Morgan fingerprint density at radius 2 is 1.79 bits per heavy atom. The van der Waals surface area contributed by atoms with Crippen LogP contribution in [0.4, 0.5) is 0 Å². The first-order chi connectivity index (χ1) is 15.9. The molecule has 1 aliphatic rings. The molecule has 1 heterocycles. The first kappa shape index (κ1) is 24.3. The van der Waals surface area contributed by atoms with Crippen molar-refractivity contribution >= 4 is 17.4 Å². The van der Waals surface area contributed by atoms with Crippen LogP contribution >= 0.6 is 0 Å². The molecule has 1 amide bonds. The molecular formula is C26H31NO6. The number of aryl methyl sites for hydroxylation is 1. The Morgan fingerprint density at radius 1 is 1.06 bits per heavy atom. The van der Waals surface area contributed by atoms with Crippen LogP contribution in [-0.2, 0) is 14.3 Å². The molecule has 0 aliphatic carbocycles. The van der Waals surface area contributed by atoms with Crippen LogP contribution in [0.25, 0.3) is 5.76 Å². The minimum atomic E-state index is -0.705. The highest BCUT2D eigenvalue weighted by atomic mass is 16.5. The minimum Gasteiger partial charge on any atom is -0.507 e. The molecule has 1 N–H and O–H groups in total. The van der Waals surface area contributed by atoms with Gasteiger partial charge in [-0.2, -0.15) is 0 Å². The number of hydrogen-bond donors (Lipinski definition) is 1. The van der Waals surface area contributed by atoms with Crippen molar-refractivity contribution in [2.24, 2.45) is 0 Å². The first-order valence-corrected chi connectivity index (χ1v) is 11.1. The SMILES string of the molecule is CCCOc1ccc(/C(O)=C2/C(=O)C(=O)N(CCCOC)C2c2ccc(OC)cc2)cc1C. The van der Waals surface area contributed by atoms with Crippen molar-refractivity contribution in [3.05, 3.63) is 64.7 Å². The number of hydrogen-bond acceptors (Lipinski definition) is 6. The van der Waals surface area contributed by atoms with Gasteiger partial charge in [0.2, 0.25) is 0 Å². The van der Waals surface area contributed by atoms with Crippen LogP contribution < -0.4 is 9.47 Å². The van der Waals surface area contributed by atoms with Crippen LogP contribution in [0.5, 0.6) is 11.5 Å². The van der Waals surface area contributed by atoms with E-state index in [1.807, 2.05) is 13.8 Å². The molecule has 2 aromatic rings. The van der Waals surface area contributed by atoms with Gasteiger partial charge in [0.05, 0.1) is 25.3 Å². The zero-order valence-corrected chi connectivity index (χ0v) is 19.6. The first-order valence-electron chi connectivity index (χ1n) is 11.1. The van der Waals surface area contributed by atoms with Crippen molar-refractivity contribution in [1.29, 1.82) is 0 Å². The van der Waals surface area contributed by atoms with Crippen molar-refractivity contribution in [1.82, 2.24) is 4.90 Å². The molecule has 176 valence electrons. The van der Waals surface area contributed by atoms with Crippen molar-refractivity contribution in [3.8, 4) is 11.5 Å². The average Bonchev–Trinajstić information content (AvgIpc) is 3.08. The van der Waals surface area contributed by atoms with Crippen molar-refractivity contribution in [3.63, 3.8) is 0 Å². The lowest BCUT2D eigenvalue weighted by Gasteiger charge is -2.25. The normalized spacial score (nSPS) is 17.5. The second kappa shape index (κ2) is 11.0. The summed E-state index contributed by atoms with van der Waals surface area (Å²) in [7, 11) is 3.16. The number of carbonyl (C=O) groups is 2. The summed E-state index contributed by atoms with van der Waals surface area (Å²) in [6.45, 7) is 5.29. The zero-order valence-electron chi connectivity index (χ0n) is 19.6. The molecule has 0 bridgehead atoms. The van der Waals surface area contributed by atoms with Gasteiger partial charge in [0.15, 0.2) is 0 Å². The summed E-state index contributed by atoms with van der Waals surface area (Å²) >= 11 is 0. The molecule has 7 heteroatoms. The number of amides is 1. The summed E-state index contributed by atoms with van der Waals surface area (Å²) in [5.74, 6) is -0.148. The fourth-order valence-corrected chi connectivity index (χ4v) is 3.95. The highest BCUT2D eigenvalue weighted by Gasteiger charge is 2.45. The maximum atomic E-state index is 13.1. The molecule has 1 unspecified atom stereocenters. The maximum absolute atomic E-state index is 13.1. The van der Waals surface area contributed by atoms with Crippen molar-refractivity contribution < 1.29 is 28.9 Å². The van der Waals surface area contributed by atoms with Gasteiger partial charge in [-0.05, 0) is 61.2 Å². The number of methoxy groups -OCH3 is 2. The molecule has 7 nitrogen and oxygen atoms in total. The lowest BCUT2D eigenvalue weighted by molar-refractivity contribution is -0.140. The topological polar surface area (TPSA) is 85.3 Å². The average molecular weight is 454 g/mol. The molecule has 1 atom stereocenters. The quantitative estimate of drug-likeness (QED) is 0.251. The molecule has 1 aliphatic heterocycles. The smallest absolute Gasteiger partial charge is 0.295 e. The van der Waals surface area contributed by atoms with Crippen LogP contribution in [0, 0.1) is 6.92 Å². The highest BCUT2D eigenvalue weighted by Crippen LogP contribution is 2.40. The second-order valence-corrected chi connectivity index (χ2v) is 7.94. The van der Waals surface area contributed by atoms with Crippen LogP contribution in [0.1, 0.15) is 42.5 Å². The number of likely N-dealkylation sites (tertiary alicyclic amines) is 1. The third kappa shape index (κ3) is 5.20. The number of rotatable bonds is 10. The third-order valence-corrected chi connectivity index (χ3v) is 5.63. The summed E-state index contributed by atoms with van der Waals surface area (Å²) in [4.78, 5) is 27.5. The molecule has 0 saturated carbocycles. The van der Waals surface area contributed by atoms with Crippen molar-refractivity contribution in [2.45, 2.75) is 32.7 Å². The van der Waals surface area contributed by atoms with Gasteiger partial charge >= 0.3 is 0 Å². The van der Waals surface area contributed by atoms with Crippen LogP contribution in [0.2, 0.25) is 0 Å². The molecule has 2 aromatic carbocycles. The van der Waals surface area contributed by atoms with Gasteiger partial charge in [0.25, 0.3) is 11.7 Å². The van der Waals surface area contributed by atoms with Crippen LogP contribution in [-0.4, -0.2) is 55.7 Å². The van der Waals surface area contributed by atoms with E-state index in [0.29, 0.717) is 43.1 Å². The number of carbonyl (C=O) groups excluding carboxylic acids is 2. The van der Waals surface area contributed by atoms with Gasteiger partial charge in [-0.1, -0.05) is 19.1 Å². The lowest BCUT2D eigenvalue weighted by Crippen LogP contribution is -2.31. The van der Waals surface area contributed by atoms with E-state index in [-0.39, 0.29) is 11.3 Å². The van der Waals surface area contributed by atoms with E-state index in [4.69, 9.17) is 14.2 Å². The van der Waals surface area contributed by atoms with Gasteiger partial charge in [0.1, 0.15) is 17.3 Å². The second-order valence-electron chi connectivity index (χ2n) is 7.94. The molecule has 33 heavy (non-hydrogen) atoms. The van der Waals surface area contributed by atoms with Crippen molar-refractivity contribution in [2.75, 3.05) is 34.0 Å². The van der Waals surface area contributed by atoms with Gasteiger partial charge in [-0.3, -0.25) is 9.59 Å². The molecule has 0 radical (unpaired) electrons. The summed E-state index contributed by atoms with van der Waals surface area (Å²) < 4.78 is 16.1. The summed E-state index contributed by atoms with van der Waals surface area (Å²) in [6, 6.07) is 11.7. The van der Waals surface area contributed by atoms with Crippen LogP contribution in [0.3, 0.4) is 0 Å². The molecule has 0 aromatic heterocycles. The number of aliphatic hydroxyl groups is 1. The Kier molecular flexibility index (Phi) is 8.11. The minimum absolute atomic E-state index is 0.0733. The number of nitrogens with zero attached hydrogens (tertiary/aromatic N) is 1. The standard InChI is InChI=1S/C26H31NO6/c1-5-14-33-21-12-9-19(16-17(21)2)24(28)22-23(18-7-10-20(32-4)11-8-18)27(13-6-15-31-3)26(30)25(22)29/h7-12,16,23,28H,5-6,13-15H2,1-4H3/b24-22-. The van der Waals surface area contributed by atoms with Crippen LogP contribution in [0.15, 0.2) is 48.0 Å². The number of benzene rings is 2. The van der Waals surface area contributed by atoms with E-state index < -0.39 is 17.7 Å². The Labute approximate surface area is 194 Å². The monoisotopic (exact) mass is 453 g/mol. The molecule has 0 spiro atoms. The molecule has 1 fully saturated rings. The predicted molar refractivity (Wildman–Crippen MR) is 125 cm³/mol. The largest absolute Gasteiger partial charge is 0.507 e. The number of aliphatic hydroxyl groups excluding tert-OH is 1. The number of ether oxygens (including phenoxy) is 3. The molecular weight excluding hydrogens is 422 g/mol. The van der Waals surface area contributed by atoms with E-state index in [1.165, 1.54) is 4.90 Å². The molecule has 1 saturated heterocycles. The third-order valence-electron chi connectivity index (χ3n) is 5.63. The fraction of sp³-hybridized carbons (Fsp3) is 0.385. The summed E-state index contributed by atoms with van der Waals surface area (Å²) in [5, 5.41) is 11.2.